The van der Waals surface area contributed by atoms with E-state index >= 15 is 0 Å². The van der Waals surface area contributed by atoms with Crippen LogP contribution in [0.15, 0.2) is 6.07 Å². The third-order valence-electron chi connectivity index (χ3n) is 3.46. The van der Waals surface area contributed by atoms with Crippen molar-refractivity contribution in [3.8, 4) is 0 Å². The lowest BCUT2D eigenvalue weighted by Crippen LogP contribution is -2.40. The molecule has 0 amide bonds. The van der Waals surface area contributed by atoms with Crippen LogP contribution >= 0.6 is 0 Å². The van der Waals surface area contributed by atoms with Crippen molar-refractivity contribution in [2.45, 2.75) is 32.3 Å². The molecule has 2 heterocycles. The molecular weight excluding hydrogens is 264 g/mol. The number of hydrogen-bond acceptors (Lipinski definition) is 4. The fraction of sp³-hybridized carbons (Fsp3) is 0.643. The van der Waals surface area contributed by atoms with Gasteiger partial charge in [-0.3, -0.25) is 0 Å². The maximum Gasteiger partial charge on any atom is 0.168 e. The Morgan fingerprint density at radius 3 is 2.95 bits per heavy atom. The van der Waals surface area contributed by atoms with Crippen molar-refractivity contribution in [2.75, 3.05) is 37.0 Å². The summed E-state index contributed by atoms with van der Waals surface area (Å²) in [7, 11) is 1.65. The average molecular weight is 285 g/mol. The average Bonchev–Trinajstić information content (AvgIpc) is 2.46. The first kappa shape index (κ1) is 15.0. The Hall–Kier alpha value is -1.43. The third-order valence-corrected chi connectivity index (χ3v) is 3.46. The summed E-state index contributed by atoms with van der Waals surface area (Å²) in [6.07, 6.45) is 2.79. The van der Waals surface area contributed by atoms with E-state index in [-0.39, 0.29) is 17.7 Å². The Morgan fingerprint density at radius 2 is 2.25 bits per heavy atom. The first-order valence-corrected chi connectivity index (χ1v) is 7.03. The summed E-state index contributed by atoms with van der Waals surface area (Å²) in [5.41, 5.74) is 0. The molecule has 6 heteroatoms. The highest BCUT2D eigenvalue weighted by Gasteiger charge is 2.24. The van der Waals surface area contributed by atoms with Crippen LogP contribution in [0.5, 0.6) is 0 Å². The van der Waals surface area contributed by atoms with Gasteiger partial charge in [-0.25, -0.2) is 13.8 Å². The number of nitrogens with zero attached hydrogens (tertiary/aromatic N) is 2. The molecule has 1 aromatic rings. The Balaban J connectivity index is 2.21. The fourth-order valence-electron chi connectivity index (χ4n) is 2.37. The van der Waals surface area contributed by atoms with Gasteiger partial charge in [0.15, 0.2) is 23.3 Å². The third kappa shape index (κ3) is 3.36. The number of ether oxygens (including phenoxy) is 1. The monoisotopic (exact) mass is 285 g/mol. The van der Waals surface area contributed by atoms with Crippen molar-refractivity contribution < 1.29 is 13.5 Å². The summed E-state index contributed by atoms with van der Waals surface area (Å²) in [5, 5.41) is 2.88. The standard InChI is InChI=1S/C14H21F2N3O/c1-3-6-17-13-11(15)8-12(16)14(18-13)19-7-4-5-10(9-19)20-2/h8,10H,3-7,9H2,1-2H3,(H,17,18). The molecule has 0 radical (unpaired) electrons. The van der Waals surface area contributed by atoms with E-state index in [1.807, 2.05) is 11.8 Å². The van der Waals surface area contributed by atoms with E-state index in [2.05, 4.69) is 10.3 Å². The number of rotatable bonds is 5. The quantitative estimate of drug-likeness (QED) is 0.902. The predicted octanol–water partition coefficient (Wildman–Crippen LogP) is 2.80. The van der Waals surface area contributed by atoms with Crippen LogP contribution in [0.25, 0.3) is 0 Å². The van der Waals surface area contributed by atoms with Crippen LogP contribution in [-0.2, 0) is 4.74 Å². The highest BCUT2D eigenvalue weighted by molar-refractivity contribution is 5.49. The minimum Gasteiger partial charge on any atom is -0.380 e. The second-order valence-corrected chi connectivity index (χ2v) is 5.00. The molecule has 1 saturated heterocycles. The van der Waals surface area contributed by atoms with Crippen LogP contribution in [0.3, 0.4) is 0 Å². The molecule has 1 aromatic heterocycles. The van der Waals surface area contributed by atoms with Gasteiger partial charge in [0.25, 0.3) is 0 Å². The number of anilines is 2. The summed E-state index contributed by atoms with van der Waals surface area (Å²) in [5.74, 6) is -0.962. The molecule has 0 saturated carbocycles. The molecule has 20 heavy (non-hydrogen) atoms. The van der Waals surface area contributed by atoms with Crippen LogP contribution in [0.2, 0.25) is 0 Å². The summed E-state index contributed by atoms with van der Waals surface area (Å²) in [4.78, 5) is 5.93. The molecule has 2 rings (SSSR count). The molecule has 0 bridgehead atoms. The molecule has 1 N–H and O–H groups in total. The molecule has 1 unspecified atom stereocenters. The normalized spacial score (nSPS) is 19.2. The highest BCUT2D eigenvalue weighted by atomic mass is 19.1. The van der Waals surface area contributed by atoms with E-state index in [0.717, 1.165) is 25.3 Å². The SMILES string of the molecule is CCCNc1nc(N2CCCC(OC)C2)c(F)cc1F. The lowest BCUT2D eigenvalue weighted by Gasteiger charge is -2.33. The number of aromatic nitrogens is 1. The maximum atomic E-state index is 14.0. The second kappa shape index (κ2) is 6.83. The van der Waals surface area contributed by atoms with E-state index in [4.69, 9.17) is 4.74 Å². The van der Waals surface area contributed by atoms with Gasteiger partial charge in [0, 0.05) is 32.8 Å². The van der Waals surface area contributed by atoms with E-state index in [9.17, 15) is 8.78 Å². The van der Waals surface area contributed by atoms with Gasteiger partial charge in [0.2, 0.25) is 0 Å². The number of hydrogen-bond donors (Lipinski definition) is 1. The second-order valence-electron chi connectivity index (χ2n) is 5.00. The first-order chi connectivity index (χ1) is 9.65. The van der Waals surface area contributed by atoms with Crippen LogP contribution < -0.4 is 10.2 Å². The molecule has 1 aliphatic heterocycles. The summed E-state index contributed by atoms with van der Waals surface area (Å²) < 4.78 is 32.9. The van der Waals surface area contributed by atoms with Crippen molar-refractivity contribution in [1.82, 2.24) is 4.98 Å². The zero-order valence-electron chi connectivity index (χ0n) is 12.0. The molecule has 112 valence electrons. The van der Waals surface area contributed by atoms with Gasteiger partial charge >= 0.3 is 0 Å². The molecule has 1 aliphatic rings. The molecule has 0 aliphatic carbocycles. The van der Waals surface area contributed by atoms with E-state index in [1.165, 1.54) is 0 Å². The van der Waals surface area contributed by atoms with Crippen LogP contribution in [-0.4, -0.2) is 37.8 Å². The van der Waals surface area contributed by atoms with E-state index in [0.29, 0.717) is 19.6 Å². The zero-order chi connectivity index (χ0) is 14.5. The van der Waals surface area contributed by atoms with Gasteiger partial charge in [0.1, 0.15) is 0 Å². The molecule has 0 aromatic carbocycles. The Kier molecular flexibility index (Phi) is 5.11. The largest absolute Gasteiger partial charge is 0.380 e. The zero-order valence-corrected chi connectivity index (χ0v) is 12.0. The van der Waals surface area contributed by atoms with Crippen molar-refractivity contribution in [3.63, 3.8) is 0 Å². The van der Waals surface area contributed by atoms with Crippen molar-refractivity contribution in [2.24, 2.45) is 0 Å². The smallest absolute Gasteiger partial charge is 0.168 e. The molecule has 4 nitrogen and oxygen atoms in total. The summed E-state index contributed by atoms with van der Waals surface area (Å²) >= 11 is 0. The van der Waals surface area contributed by atoms with Gasteiger partial charge < -0.3 is 15.0 Å². The summed E-state index contributed by atoms with van der Waals surface area (Å²) in [6.45, 7) is 3.88. The number of halogens is 2. The molecule has 0 spiro atoms. The predicted molar refractivity (Wildman–Crippen MR) is 75.2 cm³/mol. The van der Waals surface area contributed by atoms with E-state index in [1.54, 1.807) is 7.11 Å². The molecule has 1 atom stereocenters. The Morgan fingerprint density at radius 1 is 1.45 bits per heavy atom. The number of nitrogens with one attached hydrogen (secondary N) is 1. The lowest BCUT2D eigenvalue weighted by molar-refractivity contribution is 0.0889. The first-order valence-electron chi connectivity index (χ1n) is 7.03. The Bertz CT molecular complexity index is 456. The number of piperidine rings is 1. The molecular formula is C14H21F2N3O. The number of methoxy groups -OCH3 is 1. The van der Waals surface area contributed by atoms with Gasteiger partial charge in [-0.15, -0.1) is 0 Å². The minimum absolute atomic E-state index is 0.0713. The van der Waals surface area contributed by atoms with E-state index < -0.39 is 11.6 Å². The topological polar surface area (TPSA) is 37.4 Å². The highest BCUT2D eigenvalue weighted by Crippen LogP contribution is 2.25. The van der Waals surface area contributed by atoms with Gasteiger partial charge in [0.05, 0.1) is 6.10 Å². The van der Waals surface area contributed by atoms with Crippen LogP contribution in [0.4, 0.5) is 20.4 Å². The van der Waals surface area contributed by atoms with Gasteiger partial charge in [-0.2, -0.15) is 0 Å². The maximum absolute atomic E-state index is 14.0. The Labute approximate surface area is 118 Å². The lowest BCUT2D eigenvalue weighted by atomic mass is 10.1. The van der Waals surface area contributed by atoms with Crippen LogP contribution in [0.1, 0.15) is 26.2 Å². The minimum atomic E-state index is -0.653. The number of pyridine rings is 1. The van der Waals surface area contributed by atoms with Crippen LogP contribution in [0, 0.1) is 11.6 Å². The summed E-state index contributed by atoms with van der Waals surface area (Å²) in [6, 6.07) is 0.900. The van der Waals surface area contributed by atoms with Gasteiger partial charge in [-0.1, -0.05) is 6.92 Å². The van der Waals surface area contributed by atoms with Gasteiger partial charge in [-0.05, 0) is 19.3 Å². The van der Waals surface area contributed by atoms with Crippen molar-refractivity contribution >= 4 is 11.6 Å². The fourth-order valence-corrected chi connectivity index (χ4v) is 2.37. The molecule has 1 fully saturated rings. The van der Waals surface area contributed by atoms with Crippen molar-refractivity contribution in [3.05, 3.63) is 17.7 Å². The van der Waals surface area contributed by atoms with Crippen molar-refractivity contribution in [1.29, 1.82) is 0 Å².